The summed E-state index contributed by atoms with van der Waals surface area (Å²) >= 11 is 3.54. The van der Waals surface area contributed by atoms with Crippen LogP contribution in [0.2, 0.25) is 0 Å². The van der Waals surface area contributed by atoms with Crippen LogP contribution >= 0.6 is 15.9 Å². The largest absolute Gasteiger partial charge is 0.311 e. The second kappa shape index (κ2) is 7.88. The Morgan fingerprint density at radius 1 is 1.29 bits per heavy atom. The summed E-state index contributed by atoms with van der Waals surface area (Å²) in [4.78, 5) is 0. The van der Waals surface area contributed by atoms with Crippen molar-refractivity contribution in [3.05, 3.63) is 34.3 Å². The molecule has 0 radical (unpaired) electrons. The van der Waals surface area contributed by atoms with Gasteiger partial charge in [-0.1, -0.05) is 61.7 Å². The smallest absolute Gasteiger partial charge is 0.0178 e. The van der Waals surface area contributed by atoms with Gasteiger partial charge in [-0.05, 0) is 30.5 Å². The zero-order chi connectivity index (χ0) is 12.7. The van der Waals surface area contributed by atoms with E-state index in [1.165, 1.54) is 29.3 Å². The van der Waals surface area contributed by atoms with Gasteiger partial charge in [-0.15, -0.1) is 0 Å². The molecule has 0 bridgehead atoms. The van der Waals surface area contributed by atoms with E-state index in [0.29, 0.717) is 12.1 Å². The summed E-state index contributed by atoms with van der Waals surface area (Å²) in [6.45, 7) is 6.70. The fraction of sp³-hybridized carbons (Fsp3) is 0.600. The van der Waals surface area contributed by atoms with Gasteiger partial charge in [0.2, 0.25) is 0 Å². The van der Waals surface area contributed by atoms with E-state index in [1.807, 2.05) is 0 Å². The lowest BCUT2D eigenvalue weighted by molar-refractivity contribution is 0.425. The van der Waals surface area contributed by atoms with E-state index < -0.39 is 0 Å². The quantitative estimate of drug-likeness (QED) is 0.779. The van der Waals surface area contributed by atoms with Gasteiger partial charge < -0.3 is 5.32 Å². The van der Waals surface area contributed by atoms with E-state index in [-0.39, 0.29) is 0 Å². The molecule has 1 aromatic rings. The van der Waals surface area contributed by atoms with Crippen LogP contribution in [0.3, 0.4) is 0 Å². The van der Waals surface area contributed by atoms with E-state index in [2.05, 4.69) is 66.3 Å². The molecule has 1 unspecified atom stereocenters. The van der Waals surface area contributed by atoms with Crippen molar-refractivity contribution in [3.63, 3.8) is 0 Å². The summed E-state index contributed by atoms with van der Waals surface area (Å²) in [5.74, 6) is 0. The normalized spacial score (nSPS) is 13.0. The summed E-state index contributed by atoms with van der Waals surface area (Å²) in [5.41, 5.74) is 1.41. The van der Waals surface area contributed by atoms with Gasteiger partial charge in [-0.25, -0.2) is 0 Å². The van der Waals surface area contributed by atoms with Crippen LogP contribution < -0.4 is 5.32 Å². The molecule has 2 heteroatoms. The first kappa shape index (κ1) is 14.7. The first-order valence-electron chi connectivity index (χ1n) is 6.62. The zero-order valence-electron chi connectivity index (χ0n) is 11.2. The number of benzene rings is 1. The molecule has 0 aliphatic rings. The summed E-state index contributed by atoms with van der Waals surface area (Å²) in [6, 6.07) is 9.80. The van der Waals surface area contributed by atoms with Gasteiger partial charge in [-0.2, -0.15) is 0 Å². The molecule has 96 valence electrons. The third-order valence-corrected chi connectivity index (χ3v) is 3.34. The molecule has 1 aromatic carbocycles. The average Bonchev–Trinajstić information content (AvgIpc) is 2.25. The Bertz CT molecular complexity index is 322. The highest BCUT2D eigenvalue weighted by Gasteiger charge is 2.10. The second-order valence-corrected chi connectivity index (χ2v) is 5.91. The van der Waals surface area contributed by atoms with Gasteiger partial charge >= 0.3 is 0 Å². The van der Waals surface area contributed by atoms with Crippen LogP contribution in [0.15, 0.2) is 28.7 Å². The van der Waals surface area contributed by atoms with Crippen LogP contribution in [0, 0.1) is 0 Å². The molecule has 1 nitrogen and oxygen atoms in total. The molecule has 1 N–H and O–H groups in total. The highest BCUT2D eigenvalue weighted by atomic mass is 79.9. The summed E-state index contributed by atoms with van der Waals surface area (Å²) < 4.78 is 1.17. The Kier molecular flexibility index (Phi) is 6.83. The lowest BCUT2D eigenvalue weighted by Gasteiger charge is -2.21. The minimum Gasteiger partial charge on any atom is -0.311 e. The monoisotopic (exact) mass is 297 g/mol. The molecular weight excluding hydrogens is 274 g/mol. The lowest BCUT2D eigenvalue weighted by Crippen LogP contribution is -2.36. The number of nitrogens with one attached hydrogen (secondary N) is 1. The minimum atomic E-state index is 0.559. The van der Waals surface area contributed by atoms with Crippen molar-refractivity contribution in [2.45, 2.75) is 58.5 Å². The molecule has 0 saturated carbocycles. The van der Waals surface area contributed by atoms with E-state index in [4.69, 9.17) is 0 Å². The van der Waals surface area contributed by atoms with Crippen LogP contribution in [-0.4, -0.2) is 12.1 Å². The van der Waals surface area contributed by atoms with Crippen molar-refractivity contribution in [2.75, 3.05) is 0 Å². The predicted octanol–water partition coefficient (Wildman–Crippen LogP) is 4.55. The Morgan fingerprint density at radius 3 is 2.65 bits per heavy atom. The van der Waals surface area contributed by atoms with Crippen molar-refractivity contribution < 1.29 is 0 Å². The molecule has 1 rings (SSSR count). The molecule has 0 amide bonds. The summed E-state index contributed by atoms with van der Waals surface area (Å²) in [7, 11) is 0. The SMILES string of the molecule is CCCCC(Cc1cccc(Br)c1)NC(C)C. The predicted molar refractivity (Wildman–Crippen MR) is 79.4 cm³/mol. The molecule has 0 aliphatic heterocycles. The Balaban J connectivity index is 2.58. The van der Waals surface area contributed by atoms with Gasteiger partial charge in [-0.3, -0.25) is 0 Å². The summed E-state index contributed by atoms with van der Waals surface area (Å²) in [5, 5.41) is 3.67. The molecule has 0 aromatic heterocycles. The van der Waals surface area contributed by atoms with Crippen molar-refractivity contribution in [3.8, 4) is 0 Å². The number of hydrogen-bond donors (Lipinski definition) is 1. The average molecular weight is 298 g/mol. The van der Waals surface area contributed by atoms with Crippen molar-refractivity contribution >= 4 is 15.9 Å². The van der Waals surface area contributed by atoms with Gasteiger partial charge in [0.1, 0.15) is 0 Å². The lowest BCUT2D eigenvalue weighted by atomic mass is 10.0. The Hall–Kier alpha value is -0.340. The van der Waals surface area contributed by atoms with Crippen LogP contribution in [0.4, 0.5) is 0 Å². The molecule has 0 fully saturated rings. The van der Waals surface area contributed by atoms with Crippen molar-refractivity contribution in [1.82, 2.24) is 5.32 Å². The first-order chi connectivity index (χ1) is 8.11. The van der Waals surface area contributed by atoms with E-state index in [1.54, 1.807) is 0 Å². The topological polar surface area (TPSA) is 12.0 Å². The van der Waals surface area contributed by atoms with Crippen LogP contribution in [-0.2, 0) is 6.42 Å². The third-order valence-electron chi connectivity index (χ3n) is 2.85. The van der Waals surface area contributed by atoms with Gasteiger partial charge in [0, 0.05) is 16.6 Å². The fourth-order valence-corrected chi connectivity index (χ4v) is 2.56. The third kappa shape index (κ3) is 6.23. The molecule has 0 heterocycles. The van der Waals surface area contributed by atoms with Crippen molar-refractivity contribution in [2.24, 2.45) is 0 Å². The van der Waals surface area contributed by atoms with Crippen LogP contribution in [0.5, 0.6) is 0 Å². The molecule has 0 spiro atoms. The van der Waals surface area contributed by atoms with Gasteiger partial charge in [0.25, 0.3) is 0 Å². The van der Waals surface area contributed by atoms with Crippen LogP contribution in [0.1, 0.15) is 45.6 Å². The Morgan fingerprint density at radius 2 is 2.06 bits per heavy atom. The van der Waals surface area contributed by atoms with E-state index in [9.17, 15) is 0 Å². The van der Waals surface area contributed by atoms with E-state index in [0.717, 1.165) is 6.42 Å². The summed E-state index contributed by atoms with van der Waals surface area (Å²) in [6.07, 6.45) is 4.96. The number of halogens is 1. The van der Waals surface area contributed by atoms with Crippen LogP contribution in [0.25, 0.3) is 0 Å². The first-order valence-corrected chi connectivity index (χ1v) is 7.41. The number of unbranched alkanes of at least 4 members (excludes halogenated alkanes) is 1. The molecular formula is C15H24BrN. The van der Waals surface area contributed by atoms with E-state index >= 15 is 0 Å². The molecule has 0 aliphatic carbocycles. The maximum atomic E-state index is 3.67. The standard InChI is InChI=1S/C15H24BrN/c1-4-5-9-15(17-12(2)3)11-13-7-6-8-14(16)10-13/h6-8,10,12,15,17H,4-5,9,11H2,1-3H3. The van der Waals surface area contributed by atoms with Gasteiger partial charge in [0.05, 0.1) is 0 Å². The molecule has 17 heavy (non-hydrogen) atoms. The van der Waals surface area contributed by atoms with Crippen molar-refractivity contribution in [1.29, 1.82) is 0 Å². The number of rotatable bonds is 7. The molecule has 1 atom stereocenters. The second-order valence-electron chi connectivity index (χ2n) is 4.99. The number of hydrogen-bond acceptors (Lipinski definition) is 1. The fourth-order valence-electron chi connectivity index (χ4n) is 2.11. The highest BCUT2D eigenvalue weighted by Crippen LogP contribution is 2.15. The highest BCUT2D eigenvalue weighted by molar-refractivity contribution is 9.10. The minimum absolute atomic E-state index is 0.559. The zero-order valence-corrected chi connectivity index (χ0v) is 12.8. The maximum Gasteiger partial charge on any atom is 0.0178 e. The Labute approximate surface area is 114 Å². The molecule has 0 saturated heterocycles. The maximum absolute atomic E-state index is 3.67. The van der Waals surface area contributed by atoms with Gasteiger partial charge in [0.15, 0.2) is 0 Å².